The van der Waals surface area contributed by atoms with Gasteiger partial charge in [0, 0.05) is 49.3 Å². The number of hydrogen-bond acceptors (Lipinski definition) is 6. The first-order valence-electron chi connectivity index (χ1n) is 11.0. The van der Waals surface area contributed by atoms with Crippen molar-refractivity contribution in [3.8, 4) is 28.5 Å². The first kappa shape index (κ1) is 27.6. The van der Waals surface area contributed by atoms with Gasteiger partial charge in [0.05, 0.1) is 19.9 Å². The van der Waals surface area contributed by atoms with Gasteiger partial charge >= 0.3 is 12.4 Å². The average molecular weight is 539 g/mol. The Balaban J connectivity index is 1.90. The van der Waals surface area contributed by atoms with Gasteiger partial charge in [-0.25, -0.2) is 4.79 Å². The van der Waals surface area contributed by atoms with E-state index in [4.69, 9.17) is 9.47 Å². The molecule has 0 aliphatic carbocycles. The topological polar surface area (TPSA) is 103 Å². The van der Waals surface area contributed by atoms with Gasteiger partial charge in [0.25, 0.3) is 0 Å². The number of alkyl halides is 3. The second-order valence-electron chi connectivity index (χ2n) is 7.61. The van der Waals surface area contributed by atoms with Crippen LogP contribution in [-0.2, 0) is 11.3 Å². The van der Waals surface area contributed by atoms with Crippen molar-refractivity contribution in [1.82, 2.24) is 9.88 Å². The van der Waals surface area contributed by atoms with E-state index < -0.39 is 12.4 Å². The van der Waals surface area contributed by atoms with Gasteiger partial charge in [-0.3, -0.25) is 4.79 Å². The quantitative estimate of drug-likeness (QED) is 0.382. The predicted molar refractivity (Wildman–Crippen MR) is 132 cm³/mol. The summed E-state index contributed by atoms with van der Waals surface area (Å²) in [5.41, 5.74) is 1.66. The molecular weight excluding hydrogens is 513 g/mol. The largest absolute Gasteiger partial charge is 0.573 e. The highest BCUT2D eigenvalue weighted by atomic mass is 32.1. The molecule has 2 N–H and O–H groups in total. The number of carbonyl (C=O) groups excluding carboxylic acids is 2. The summed E-state index contributed by atoms with van der Waals surface area (Å²) in [6.45, 7) is 2.19. The van der Waals surface area contributed by atoms with E-state index in [1.165, 1.54) is 56.7 Å². The Labute approximate surface area is 214 Å². The lowest BCUT2D eigenvalue weighted by molar-refractivity contribution is -0.274. The Morgan fingerprint density at radius 2 is 1.68 bits per heavy atom. The second-order valence-corrected chi connectivity index (χ2v) is 8.44. The molecule has 0 radical (unpaired) electrons. The zero-order valence-corrected chi connectivity index (χ0v) is 21.0. The number of hydrogen-bond donors (Lipinski definition) is 2. The molecule has 3 amide bonds. The van der Waals surface area contributed by atoms with E-state index in [-0.39, 0.29) is 11.7 Å². The highest BCUT2D eigenvalue weighted by Gasteiger charge is 2.31. The second kappa shape index (κ2) is 12.3. The Hall–Kier alpha value is -4.00. The minimum Gasteiger partial charge on any atom is -0.497 e. The number of anilines is 1. The SMILES string of the molecule is COc1cc(NC(=O)/N=c2\scc(-c3ccc(OC(F)(F)F)cc3)n2CCCNC(C)=O)cc(OC)c1. The maximum atomic E-state index is 12.7. The number of nitrogens with one attached hydrogen (secondary N) is 2. The summed E-state index contributed by atoms with van der Waals surface area (Å²) in [6, 6.07) is 9.63. The molecule has 37 heavy (non-hydrogen) atoms. The fourth-order valence-corrected chi connectivity index (χ4v) is 4.25. The summed E-state index contributed by atoms with van der Waals surface area (Å²) in [7, 11) is 2.98. The number of rotatable bonds is 9. The van der Waals surface area contributed by atoms with E-state index in [0.717, 1.165) is 0 Å². The van der Waals surface area contributed by atoms with Crippen LogP contribution in [-0.4, -0.2) is 43.6 Å². The van der Waals surface area contributed by atoms with E-state index in [9.17, 15) is 22.8 Å². The van der Waals surface area contributed by atoms with Crippen LogP contribution in [0.3, 0.4) is 0 Å². The van der Waals surface area contributed by atoms with E-state index in [2.05, 4.69) is 20.4 Å². The van der Waals surface area contributed by atoms with Gasteiger partial charge in [-0.15, -0.1) is 24.5 Å². The Bertz CT molecular complexity index is 1280. The molecule has 13 heteroatoms. The Kier molecular flexibility index (Phi) is 9.17. The zero-order valence-electron chi connectivity index (χ0n) is 20.2. The summed E-state index contributed by atoms with van der Waals surface area (Å²) in [5, 5.41) is 7.13. The smallest absolute Gasteiger partial charge is 0.497 e. The van der Waals surface area contributed by atoms with Crippen molar-refractivity contribution in [3.63, 3.8) is 0 Å². The predicted octanol–water partition coefficient (Wildman–Crippen LogP) is 4.79. The summed E-state index contributed by atoms with van der Waals surface area (Å²) in [4.78, 5) is 28.5. The summed E-state index contributed by atoms with van der Waals surface area (Å²) in [5.74, 6) is 0.452. The van der Waals surface area contributed by atoms with E-state index in [0.29, 0.717) is 52.8 Å². The molecule has 0 unspecified atom stereocenters. The molecule has 1 heterocycles. The first-order valence-corrected chi connectivity index (χ1v) is 11.8. The van der Waals surface area contributed by atoms with E-state index in [1.807, 2.05) is 0 Å². The lowest BCUT2D eigenvalue weighted by Gasteiger charge is -2.12. The Morgan fingerprint density at radius 1 is 1.03 bits per heavy atom. The molecule has 0 aliphatic heterocycles. The van der Waals surface area contributed by atoms with Crippen LogP contribution in [0.2, 0.25) is 0 Å². The van der Waals surface area contributed by atoms with Crippen molar-refractivity contribution in [2.24, 2.45) is 4.99 Å². The van der Waals surface area contributed by atoms with Gasteiger partial charge in [0.2, 0.25) is 5.91 Å². The molecule has 0 bridgehead atoms. The number of carbonyl (C=O) groups is 2. The number of halogens is 3. The molecule has 0 saturated heterocycles. The molecule has 2 aromatic carbocycles. The highest BCUT2D eigenvalue weighted by molar-refractivity contribution is 7.07. The van der Waals surface area contributed by atoms with Crippen LogP contribution in [0.15, 0.2) is 52.8 Å². The fourth-order valence-electron chi connectivity index (χ4n) is 3.31. The summed E-state index contributed by atoms with van der Waals surface area (Å²) < 4.78 is 53.6. The molecule has 198 valence electrons. The molecule has 0 aliphatic rings. The minimum atomic E-state index is -4.79. The maximum absolute atomic E-state index is 12.7. The molecular formula is C24H25F3N4O5S. The minimum absolute atomic E-state index is 0.172. The molecule has 0 spiro atoms. The molecule has 3 aromatic rings. The fraction of sp³-hybridized carbons (Fsp3) is 0.292. The van der Waals surface area contributed by atoms with Crippen molar-refractivity contribution in [1.29, 1.82) is 0 Å². The number of nitrogens with zero attached hydrogens (tertiary/aromatic N) is 2. The van der Waals surface area contributed by atoms with Crippen molar-refractivity contribution in [3.05, 3.63) is 52.6 Å². The molecule has 0 saturated carbocycles. The van der Waals surface area contributed by atoms with Crippen molar-refractivity contribution >= 4 is 29.0 Å². The van der Waals surface area contributed by atoms with E-state index in [1.54, 1.807) is 28.1 Å². The summed E-state index contributed by atoms with van der Waals surface area (Å²) >= 11 is 1.19. The average Bonchev–Trinajstić information content (AvgIpc) is 3.22. The third-order valence-electron chi connectivity index (χ3n) is 4.91. The number of thiazole rings is 1. The molecule has 3 rings (SSSR count). The molecule has 1 aromatic heterocycles. The van der Waals surface area contributed by atoms with Crippen LogP contribution >= 0.6 is 11.3 Å². The van der Waals surface area contributed by atoms with Gasteiger partial charge in [-0.05, 0) is 36.2 Å². The molecule has 0 atom stereocenters. The Morgan fingerprint density at radius 3 is 2.24 bits per heavy atom. The van der Waals surface area contributed by atoms with Gasteiger partial charge in [0.15, 0.2) is 4.80 Å². The van der Waals surface area contributed by atoms with Crippen molar-refractivity contribution < 1.29 is 37.0 Å². The number of urea groups is 1. The van der Waals surface area contributed by atoms with Crippen LogP contribution in [0.5, 0.6) is 17.2 Å². The van der Waals surface area contributed by atoms with Crippen molar-refractivity contribution in [2.45, 2.75) is 26.3 Å². The van der Waals surface area contributed by atoms with Gasteiger partial charge in [-0.2, -0.15) is 4.99 Å². The standard InChI is InChI=1S/C24H25F3N4O5S/c1-15(32)28-9-4-10-31-21(16-5-7-18(8-6-16)36-24(25,26)27)14-37-23(31)30-22(33)29-17-11-19(34-2)13-20(12-17)35-3/h5-8,11-14H,4,9-10H2,1-3H3,(H,28,32)(H,29,33)/b30-23-. The van der Waals surface area contributed by atoms with E-state index >= 15 is 0 Å². The van der Waals surface area contributed by atoms with Crippen LogP contribution in [0.25, 0.3) is 11.3 Å². The maximum Gasteiger partial charge on any atom is 0.573 e. The van der Waals surface area contributed by atoms with Gasteiger partial charge < -0.3 is 29.4 Å². The summed E-state index contributed by atoms with van der Waals surface area (Å²) in [6.07, 6.45) is -4.26. The number of ether oxygens (including phenoxy) is 3. The third-order valence-corrected chi connectivity index (χ3v) is 5.78. The van der Waals surface area contributed by atoms with Crippen LogP contribution in [0.4, 0.5) is 23.7 Å². The first-order chi connectivity index (χ1) is 17.6. The normalized spacial score (nSPS) is 11.7. The van der Waals surface area contributed by atoms with Gasteiger partial charge in [-0.1, -0.05) is 0 Å². The lowest BCUT2D eigenvalue weighted by atomic mass is 10.1. The molecule has 9 nitrogen and oxygen atoms in total. The zero-order chi connectivity index (χ0) is 27.0. The number of methoxy groups -OCH3 is 2. The number of amides is 3. The molecule has 0 fully saturated rings. The highest BCUT2D eigenvalue weighted by Crippen LogP contribution is 2.28. The number of aromatic nitrogens is 1. The van der Waals surface area contributed by atoms with Crippen LogP contribution in [0, 0.1) is 0 Å². The van der Waals surface area contributed by atoms with Crippen LogP contribution in [0.1, 0.15) is 13.3 Å². The van der Waals surface area contributed by atoms with Gasteiger partial charge in [0.1, 0.15) is 17.2 Å². The lowest BCUT2D eigenvalue weighted by Crippen LogP contribution is -2.25. The van der Waals surface area contributed by atoms with Crippen LogP contribution < -0.4 is 29.6 Å². The number of benzene rings is 2. The monoisotopic (exact) mass is 538 g/mol. The third kappa shape index (κ3) is 8.27. The van der Waals surface area contributed by atoms with Crippen molar-refractivity contribution in [2.75, 3.05) is 26.1 Å².